The van der Waals surface area contributed by atoms with E-state index in [2.05, 4.69) is 18.7 Å². The topological polar surface area (TPSA) is 49.5 Å². The van der Waals surface area contributed by atoms with Crippen molar-refractivity contribution >= 4 is 5.69 Å². The third-order valence-corrected chi connectivity index (χ3v) is 2.64. The molecule has 0 heterocycles. The summed E-state index contributed by atoms with van der Waals surface area (Å²) in [7, 11) is 2.00. The van der Waals surface area contributed by atoms with E-state index >= 15 is 0 Å². The Morgan fingerprint density at radius 2 is 2.07 bits per heavy atom. The van der Waals surface area contributed by atoms with E-state index in [4.69, 9.17) is 5.73 Å². The van der Waals surface area contributed by atoms with Gasteiger partial charge in [-0.3, -0.25) is 0 Å². The molecule has 0 amide bonds. The zero-order valence-corrected chi connectivity index (χ0v) is 9.64. The van der Waals surface area contributed by atoms with E-state index in [-0.39, 0.29) is 0 Å². The number of nitrogen functional groups attached to an aromatic ring is 1. The molecule has 0 bridgehead atoms. The number of hydrogen-bond donors (Lipinski definition) is 2. The fraction of sp³-hybridized carbons (Fsp3) is 0.500. The summed E-state index contributed by atoms with van der Waals surface area (Å²) in [4.78, 5) is 2.11. The Hall–Kier alpha value is -1.06. The molecule has 1 aromatic carbocycles. The van der Waals surface area contributed by atoms with Crippen LogP contribution < -0.4 is 5.73 Å². The van der Waals surface area contributed by atoms with Crippen molar-refractivity contribution < 1.29 is 5.11 Å². The van der Waals surface area contributed by atoms with Gasteiger partial charge in [0.05, 0.1) is 6.10 Å². The Kier molecular flexibility index (Phi) is 4.12. The van der Waals surface area contributed by atoms with Crippen LogP contribution in [0, 0.1) is 0 Å². The summed E-state index contributed by atoms with van der Waals surface area (Å²) in [5.74, 6) is 0. The molecule has 0 saturated carbocycles. The van der Waals surface area contributed by atoms with Crippen LogP contribution >= 0.6 is 0 Å². The second-order valence-electron chi connectivity index (χ2n) is 4.22. The van der Waals surface area contributed by atoms with Crippen molar-refractivity contribution in [2.24, 2.45) is 0 Å². The molecule has 0 aromatic heterocycles. The SMILES string of the molecule is CC(C)N(C)C[C@@H](O)c1cccc(N)c1. The predicted octanol–water partition coefficient (Wildman–Crippen LogP) is 1.64. The normalized spacial score (nSPS) is 13.5. The maximum atomic E-state index is 9.97. The van der Waals surface area contributed by atoms with Crippen molar-refractivity contribution in [3.05, 3.63) is 29.8 Å². The number of aliphatic hydroxyl groups is 1. The summed E-state index contributed by atoms with van der Waals surface area (Å²) >= 11 is 0. The van der Waals surface area contributed by atoms with Gasteiger partial charge in [-0.25, -0.2) is 0 Å². The van der Waals surface area contributed by atoms with Crippen molar-refractivity contribution in [3.8, 4) is 0 Å². The second-order valence-corrected chi connectivity index (χ2v) is 4.22. The van der Waals surface area contributed by atoms with Crippen LogP contribution in [0.2, 0.25) is 0 Å². The molecule has 0 aliphatic heterocycles. The highest BCUT2D eigenvalue weighted by molar-refractivity contribution is 5.41. The number of likely N-dealkylation sites (N-methyl/N-ethyl adjacent to an activating group) is 1. The van der Waals surface area contributed by atoms with Crippen LogP contribution in [0.4, 0.5) is 5.69 Å². The average Bonchev–Trinajstić information content (AvgIpc) is 2.17. The van der Waals surface area contributed by atoms with Crippen molar-refractivity contribution in [3.63, 3.8) is 0 Å². The van der Waals surface area contributed by atoms with E-state index in [0.29, 0.717) is 18.3 Å². The lowest BCUT2D eigenvalue weighted by molar-refractivity contribution is 0.112. The van der Waals surface area contributed by atoms with Crippen molar-refractivity contribution in [1.82, 2.24) is 4.90 Å². The van der Waals surface area contributed by atoms with Crippen LogP contribution in [0.3, 0.4) is 0 Å². The van der Waals surface area contributed by atoms with Crippen molar-refractivity contribution in [2.45, 2.75) is 26.0 Å². The molecule has 1 atom stereocenters. The first-order valence-corrected chi connectivity index (χ1v) is 5.24. The van der Waals surface area contributed by atoms with E-state index in [1.165, 1.54) is 0 Å². The molecule has 84 valence electrons. The molecular formula is C12H20N2O. The standard InChI is InChI=1S/C12H20N2O/c1-9(2)14(3)8-12(15)10-5-4-6-11(13)7-10/h4-7,9,12,15H,8,13H2,1-3H3/t12-/m1/s1. The molecule has 3 nitrogen and oxygen atoms in total. The Balaban J connectivity index is 2.64. The zero-order chi connectivity index (χ0) is 11.4. The van der Waals surface area contributed by atoms with Gasteiger partial charge in [-0.1, -0.05) is 12.1 Å². The molecule has 0 aliphatic rings. The minimum absolute atomic E-state index is 0.431. The molecule has 3 heteroatoms. The molecule has 0 unspecified atom stereocenters. The molecule has 15 heavy (non-hydrogen) atoms. The van der Waals surface area contributed by atoms with Gasteiger partial charge in [0.15, 0.2) is 0 Å². The Bertz CT molecular complexity index is 312. The number of rotatable bonds is 4. The summed E-state index contributed by atoms with van der Waals surface area (Å²) in [5.41, 5.74) is 7.23. The third-order valence-electron chi connectivity index (χ3n) is 2.64. The molecule has 0 saturated heterocycles. The van der Waals surface area contributed by atoms with E-state index in [1.54, 1.807) is 0 Å². The zero-order valence-electron chi connectivity index (χ0n) is 9.64. The van der Waals surface area contributed by atoms with Gasteiger partial charge in [0.1, 0.15) is 0 Å². The second kappa shape index (κ2) is 5.14. The van der Waals surface area contributed by atoms with E-state index in [1.807, 2.05) is 31.3 Å². The molecule has 1 rings (SSSR count). The van der Waals surface area contributed by atoms with Gasteiger partial charge in [0.2, 0.25) is 0 Å². The number of nitrogens with two attached hydrogens (primary N) is 1. The maximum absolute atomic E-state index is 9.97. The van der Waals surface area contributed by atoms with Crippen LogP contribution in [-0.2, 0) is 0 Å². The summed E-state index contributed by atoms with van der Waals surface area (Å²) in [5, 5.41) is 9.97. The summed E-state index contributed by atoms with van der Waals surface area (Å²) in [6, 6.07) is 7.83. The lowest BCUT2D eigenvalue weighted by Crippen LogP contribution is -2.30. The Labute approximate surface area is 91.5 Å². The van der Waals surface area contributed by atoms with Crippen LogP contribution in [0.5, 0.6) is 0 Å². The first-order chi connectivity index (χ1) is 7.00. The quantitative estimate of drug-likeness (QED) is 0.740. The summed E-state index contributed by atoms with van der Waals surface area (Å²) in [6.45, 7) is 4.83. The third kappa shape index (κ3) is 3.53. The van der Waals surface area contributed by atoms with E-state index < -0.39 is 6.10 Å². The van der Waals surface area contributed by atoms with Gasteiger partial charge < -0.3 is 15.7 Å². The van der Waals surface area contributed by atoms with Gasteiger partial charge in [-0.2, -0.15) is 0 Å². The Morgan fingerprint density at radius 1 is 1.40 bits per heavy atom. The van der Waals surface area contributed by atoms with Gasteiger partial charge in [0.25, 0.3) is 0 Å². The van der Waals surface area contributed by atoms with Crippen LogP contribution in [-0.4, -0.2) is 29.6 Å². The number of nitrogens with zero attached hydrogens (tertiary/aromatic N) is 1. The highest BCUT2D eigenvalue weighted by atomic mass is 16.3. The van der Waals surface area contributed by atoms with E-state index in [9.17, 15) is 5.11 Å². The fourth-order valence-electron chi connectivity index (χ4n) is 1.36. The number of benzene rings is 1. The average molecular weight is 208 g/mol. The van der Waals surface area contributed by atoms with Crippen molar-refractivity contribution in [1.29, 1.82) is 0 Å². The van der Waals surface area contributed by atoms with Gasteiger partial charge in [-0.05, 0) is 38.6 Å². The molecule has 1 aromatic rings. The molecule has 0 fully saturated rings. The minimum atomic E-state index is -0.471. The lowest BCUT2D eigenvalue weighted by atomic mass is 10.1. The van der Waals surface area contributed by atoms with Crippen LogP contribution in [0.15, 0.2) is 24.3 Å². The van der Waals surface area contributed by atoms with E-state index in [0.717, 1.165) is 5.56 Å². The summed E-state index contributed by atoms with van der Waals surface area (Å²) < 4.78 is 0. The Morgan fingerprint density at radius 3 is 2.60 bits per heavy atom. The van der Waals surface area contributed by atoms with Gasteiger partial charge in [-0.15, -0.1) is 0 Å². The number of hydrogen-bond acceptors (Lipinski definition) is 3. The maximum Gasteiger partial charge on any atom is 0.0917 e. The number of aliphatic hydroxyl groups excluding tert-OH is 1. The van der Waals surface area contributed by atoms with Gasteiger partial charge >= 0.3 is 0 Å². The molecule has 0 aliphatic carbocycles. The number of anilines is 1. The first kappa shape index (κ1) is 12.0. The molecule has 3 N–H and O–H groups in total. The minimum Gasteiger partial charge on any atom is -0.399 e. The summed E-state index contributed by atoms with van der Waals surface area (Å²) in [6.07, 6.45) is -0.471. The predicted molar refractivity (Wildman–Crippen MR) is 63.6 cm³/mol. The fourth-order valence-corrected chi connectivity index (χ4v) is 1.36. The molecular weight excluding hydrogens is 188 g/mol. The van der Waals surface area contributed by atoms with Crippen molar-refractivity contribution in [2.75, 3.05) is 19.3 Å². The van der Waals surface area contributed by atoms with Crippen LogP contribution in [0.1, 0.15) is 25.5 Å². The van der Waals surface area contributed by atoms with Gasteiger partial charge in [0, 0.05) is 18.3 Å². The lowest BCUT2D eigenvalue weighted by Gasteiger charge is -2.24. The molecule has 0 spiro atoms. The first-order valence-electron chi connectivity index (χ1n) is 5.24. The monoisotopic (exact) mass is 208 g/mol. The highest BCUT2D eigenvalue weighted by Crippen LogP contribution is 2.17. The largest absolute Gasteiger partial charge is 0.399 e. The van der Waals surface area contributed by atoms with Crippen LogP contribution in [0.25, 0.3) is 0 Å². The smallest absolute Gasteiger partial charge is 0.0917 e. The highest BCUT2D eigenvalue weighted by Gasteiger charge is 2.12. The molecule has 0 radical (unpaired) electrons.